The van der Waals surface area contributed by atoms with Crippen LogP contribution in [0.5, 0.6) is 0 Å². The summed E-state index contributed by atoms with van der Waals surface area (Å²) in [5, 5.41) is 11.8. The van der Waals surface area contributed by atoms with E-state index in [1.54, 1.807) is 0 Å². The van der Waals surface area contributed by atoms with Crippen LogP contribution in [0.3, 0.4) is 0 Å². The van der Waals surface area contributed by atoms with Gasteiger partial charge in [0.05, 0.1) is 12.6 Å². The summed E-state index contributed by atoms with van der Waals surface area (Å²) in [6.07, 6.45) is 5.08. The van der Waals surface area contributed by atoms with Crippen LogP contribution in [0.4, 0.5) is 0 Å². The number of benzene rings is 1. The molecule has 1 aromatic rings. The molecule has 2 heteroatoms. The van der Waals surface area contributed by atoms with Crippen LogP contribution in [0, 0.1) is 5.92 Å². The third kappa shape index (κ3) is 3.06. The van der Waals surface area contributed by atoms with Gasteiger partial charge in [-0.05, 0) is 19.3 Å². The average Bonchev–Trinajstić information content (AvgIpc) is 2.38. The Morgan fingerprint density at radius 2 is 1.88 bits per heavy atom. The van der Waals surface area contributed by atoms with Crippen molar-refractivity contribution in [3.63, 3.8) is 0 Å². The van der Waals surface area contributed by atoms with Crippen molar-refractivity contribution in [1.82, 2.24) is 0 Å². The van der Waals surface area contributed by atoms with Crippen molar-refractivity contribution in [3.8, 4) is 0 Å². The molecular formula is C14H22NO+. The maximum atomic E-state index is 9.34. The SMILES string of the molecule is OC[C@@H]1CCCC[C@H]1[NH2+]Cc1ccccc1. The lowest BCUT2D eigenvalue weighted by molar-refractivity contribution is -0.713. The summed E-state index contributed by atoms with van der Waals surface area (Å²) in [5.74, 6) is 0.512. The van der Waals surface area contributed by atoms with E-state index in [-0.39, 0.29) is 0 Å². The van der Waals surface area contributed by atoms with Gasteiger partial charge in [0.15, 0.2) is 0 Å². The molecule has 1 aliphatic rings. The van der Waals surface area contributed by atoms with Crippen molar-refractivity contribution < 1.29 is 10.4 Å². The van der Waals surface area contributed by atoms with E-state index >= 15 is 0 Å². The lowest BCUT2D eigenvalue weighted by Gasteiger charge is -2.28. The summed E-state index contributed by atoms with van der Waals surface area (Å²) in [6.45, 7) is 1.40. The molecule has 16 heavy (non-hydrogen) atoms. The third-order valence-corrected chi connectivity index (χ3v) is 3.70. The Balaban J connectivity index is 1.84. The largest absolute Gasteiger partial charge is 0.396 e. The molecule has 0 aromatic heterocycles. The number of hydrogen-bond donors (Lipinski definition) is 2. The van der Waals surface area contributed by atoms with Gasteiger partial charge in [0.2, 0.25) is 0 Å². The van der Waals surface area contributed by atoms with Gasteiger partial charge in [0.1, 0.15) is 6.54 Å². The average molecular weight is 220 g/mol. The van der Waals surface area contributed by atoms with Gasteiger partial charge in [-0.2, -0.15) is 0 Å². The second-order valence-electron chi connectivity index (χ2n) is 4.82. The predicted octanol–water partition coefficient (Wildman–Crippen LogP) is 1.30. The second kappa shape index (κ2) is 6.02. The smallest absolute Gasteiger partial charge is 0.101 e. The molecule has 1 aromatic carbocycles. The van der Waals surface area contributed by atoms with Gasteiger partial charge < -0.3 is 10.4 Å². The van der Waals surface area contributed by atoms with Gasteiger partial charge in [-0.3, -0.25) is 0 Å². The van der Waals surface area contributed by atoms with Crippen molar-refractivity contribution in [3.05, 3.63) is 35.9 Å². The fourth-order valence-corrected chi connectivity index (χ4v) is 2.67. The van der Waals surface area contributed by atoms with Gasteiger partial charge in [-0.25, -0.2) is 0 Å². The molecule has 0 amide bonds. The maximum absolute atomic E-state index is 9.34. The Kier molecular flexibility index (Phi) is 4.37. The number of nitrogens with two attached hydrogens (primary N) is 1. The number of rotatable bonds is 4. The number of aliphatic hydroxyl groups excluding tert-OH is 1. The monoisotopic (exact) mass is 220 g/mol. The highest BCUT2D eigenvalue weighted by Gasteiger charge is 2.26. The molecule has 0 saturated heterocycles. The molecule has 2 rings (SSSR count). The molecule has 0 heterocycles. The molecule has 2 atom stereocenters. The molecule has 1 saturated carbocycles. The minimum absolute atomic E-state index is 0.357. The van der Waals surface area contributed by atoms with Gasteiger partial charge in [0, 0.05) is 11.5 Å². The zero-order valence-electron chi connectivity index (χ0n) is 9.81. The molecule has 0 unspecified atom stereocenters. The second-order valence-corrected chi connectivity index (χ2v) is 4.82. The molecule has 1 aliphatic carbocycles. The van der Waals surface area contributed by atoms with Crippen LogP contribution in [0.1, 0.15) is 31.2 Å². The number of aliphatic hydroxyl groups is 1. The van der Waals surface area contributed by atoms with Crippen LogP contribution in [0.25, 0.3) is 0 Å². The van der Waals surface area contributed by atoms with E-state index in [9.17, 15) is 5.11 Å². The highest BCUT2D eigenvalue weighted by Crippen LogP contribution is 2.21. The molecule has 3 N–H and O–H groups in total. The number of hydrogen-bond acceptors (Lipinski definition) is 1. The summed E-state index contributed by atoms with van der Waals surface area (Å²) in [5.41, 5.74) is 1.38. The van der Waals surface area contributed by atoms with E-state index in [2.05, 4.69) is 35.6 Å². The van der Waals surface area contributed by atoms with Crippen molar-refractivity contribution in [2.24, 2.45) is 5.92 Å². The van der Waals surface area contributed by atoms with Crippen molar-refractivity contribution in [1.29, 1.82) is 0 Å². The number of quaternary nitrogens is 1. The zero-order valence-corrected chi connectivity index (χ0v) is 9.81. The molecule has 0 aliphatic heterocycles. The van der Waals surface area contributed by atoms with Crippen LogP contribution in [0.2, 0.25) is 0 Å². The van der Waals surface area contributed by atoms with Crippen LogP contribution < -0.4 is 5.32 Å². The first kappa shape index (κ1) is 11.6. The Morgan fingerprint density at radius 1 is 1.12 bits per heavy atom. The van der Waals surface area contributed by atoms with E-state index in [1.165, 1.54) is 31.2 Å². The zero-order chi connectivity index (χ0) is 11.2. The molecule has 88 valence electrons. The van der Waals surface area contributed by atoms with Gasteiger partial charge in [-0.1, -0.05) is 36.8 Å². The summed E-state index contributed by atoms with van der Waals surface area (Å²) < 4.78 is 0. The Labute approximate surface area is 97.7 Å². The standard InChI is InChI=1S/C14H21NO/c16-11-13-8-4-5-9-14(13)15-10-12-6-2-1-3-7-12/h1-3,6-7,13-16H,4-5,8-11H2/p+1/t13-,14+/m0/s1. The minimum atomic E-state index is 0.357. The summed E-state index contributed by atoms with van der Waals surface area (Å²) >= 11 is 0. The highest BCUT2D eigenvalue weighted by atomic mass is 16.3. The van der Waals surface area contributed by atoms with Crippen molar-refractivity contribution in [2.45, 2.75) is 38.3 Å². The van der Waals surface area contributed by atoms with Crippen molar-refractivity contribution in [2.75, 3.05) is 6.61 Å². The molecule has 0 bridgehead atoms. The van der Waals surface area contributed by atoms with Crippen LogP contribution in [-0.2, 0) is 6.54 Å². The van der Waals surface area contributed by atoms with Gasteiger partial charge >= 0.3 is 0 Å². The quantitative estimate of drug-likeness (QED) is 0.788. The van der Waals surface area contributed by atoms with E-state index in [0.717, 1.165) is 6.54 Å². The Morgan fingerprint density at radius 3 is 2.62 bits per heavy atom. The first-order valence-electron chi connectivity index (χ1n) is 6.38. The Bertz CT molecular complexity index is 299. The van der Waals surface area contributed by atoms with E-state index in [0.29, 0.717) is 18.6 Å². The predicted molar refractivity (Wildman–Crippen MR) is 64.9 cm³/mol. The highest BCUT2D eigenvalue weighted by molar-refractivity contribution is 5.13. The minimum Gasteiger partial charge on any atom is -0.396 e. The normalized spacial score (nSPS) is 25.6. The maximum Gasteiger partial charge on any atom is 0.101 e. The summed E-state index contributed by atoms with van der Waals surface area (Å²) in [7, 11) is 0. The van der Waals surface area contributed by atoms with E-state index in [4.69, 9.17) is 0 Å². The van der Waals surface area contributed by atoms with E-state index < -0.39 is 0 Å². The topological polar surface area (TPSA) is 36.8 Å². The third-order valence-electron chi connectivity index (χ3n) is 3.70. The summed E-state index contributed by atoms with van der Waals surface area (Å²) in [4.78, 5) is 0. The van der Waals surface area contributed by atoms with Gasteiger partial charge in [0.25, 0.3) is 0 Å². The lowest BCUT2D eigenvalue weighted by Crippen LogP contribution is -2.90. The van der Waals surface area contributed by atoms with Crippen LogP contribution >= 0.6 is 0 Å². The lowest BCUT2D eigenvalue weighted by atomic mass is 9.85. The first-order valence-corrected chi connectivity index (χ1v) is 6.38. The fourth-order valence-electron chi connectivity index (χ4n) is 2.67. The molecule has 2 nitrogen and oxygen atoms in total. The van der Waals surface area contributed by atoms with Gasteiger partial charge in [-0.15, -0.1) is 0 Å². The fraction of sp³-hybridized carbons (Fsp3) is 0.571. The van der Waals surface area contributed by atoms with E-state index in [1.807, 2.05) is 0 Å². The molecule has 1 fully saturated rings. The van der Waals surface area contributed by atoms with Crippen molar-refractivity contribution >= 4 is 0 Å². The van der Waals surface area contributed by atoms with Crippen LogP contribution in [-0.4, -0.2) is 17.8 Å². The molecule has 0 spiro atoms. The Hall–Kier alpha value is -0.860. The van der Waals surface area contributed by atoms with Crippen LogP contribution in [0.15, 0.2) is 30.3 Å². The summed E-state index contributed by atoms with van der Waals surface area (Å²) in [6, 6.07) is 11.2. The molecule has 0 radical (unpaired) electrons. The first-order chi connectivity index (χ1) is 7.90. The molecular weight excluding hydrogens is 198 g/mol.